The lowest BCUT2D eigenvalue weighted by Gasteiger charge is -2.11. The normalized spacial score (nSPS) is 10.3. The van der Waals surface area contributed by atoms with Gasteiger partial charge in [0.05, 0.1) is 17.9 Å². The first kappa shape index (κ1) is 16.6. The van der Waals surface area contributed by atoms with Gasteiger partial charge in [0.1, 0.15) is 0 Å². The molecule has 0 fully saturated rings. The van der Waals surface area contributed by atoms with Crippen LogP contribution in [0.1, 0.15) is 33.2 Å². The zero-order chi connectivity index (χ0) is 17.6. The summed E-state index contributed by atoms with van der Waals surface area (Å²) in [5.74, 6) is -0.532. The number of hydrogen-bond donors (Lipinski definition) is 0. The number of ether oxygens (including phenoxy) is 1. The maximum atomic E-state index is 12.9. The molecular formula is C21H17NO3. The highest BCUT2D eigenvalue weighted by Crippen LogP contribution is 2.26. The molecule has 4 heteroatoms. The third kappa shape index (κ3) is 3.63. The average Bonchev–Trinajstić information content (AvgIpc) is 2.68. The lowest BCUT2D eigenvalue weighted by molar-refractivity contribution is 0.0526. The number of pyridine rings is 1. The van der Waals surface area contributed by atoms with Crippen molar-refractivity contribution < 1.29 is 14.3 Å². The molecule has 0 aliphatic carbocycles. The Kier molecular flexibility index (Phi) is 5.00. The molecule has 2 aromatic carbocycles. The highest BCUT2D eigenvalue weighted by atomic mass is 16.5. The molecule has 1 heterocycles. The van der Waals surface area contributed by atoms with Gasteiger partial charge < -0.3 is 4.74 Å². The predicted molar refractivity (Wildman–Crippen MR) is 95.5 cm³/mol. The summed E-state index contributed by atoms with van der Waals surface area (Å²) >= 11 is 0. The SMILES string of the molecule is CCOC(=O)c1ccc(C(=O)c2ccccc2)c(-c2ccccn2)c1. The minimum Gasteiger partial charge on any atom is -0.462 e. The molecule has 0 N–H and O–H groups in total. The first-order valence-electron chi connectivity index (χ1n) is 8.03. The third-order valence-corrected chi connectivity index (χ3v) is 3.75. The molecule has 0 amide bonds. The third-order valence-electron chi connectivity index (χ3n) is 3.75. The number of carbonyl (C=O) groups is 2. The van der Waals surface area contributed by atoms with Crippen molar-refractivity contribution in [3.8, 4) is 11.3 Å². The number of hydrogen-bond acceptors (Lipinski definition) is 4. The standard InChI is InChI=1S/C21H17NO3/c1-2-25-21(24)16-11-12-17(20(23)15-8-4-3-5-9-15)18(14-16)19-10-6-7-13-22-19/h3-14H,2H2,1H3. The molecule has 0 spiro atoms. The first-order chi connectivity index (χ1) is 12.2. The lowest BCUT2D eigenvalue weighted by Crippen LogP contribution is -2.08. The van der Waals surface area contributed by atoms with Crippen LogP contribution < -0.4 is 0 Å². The van der Waals surface area contributed by atoms with Crippen molar-refractivity contribution in [2.75, 3.05) is 6.61 Å². The van der Waals surface area contributed by atoms with Crippen molar-refractivity contribution in [1.29, 1.82) is 0 Å². The molecule has 0 atom stereocenters. The van der Waals surface area contributed by atoms with Gasteiger partial charge in [0.25, 0.3) is 0 Å². The smallest absolute Gasteiger partial charge is 0.338 e. The molecule has 4 nitrogen and oxygen atoms in total. The van der Waals surface area contributed by atoms with Crippen LogP contribution in [-0.4, -0.2) is 23.3 Å². The Hall–Kier alpha value is -3.27. The highest BCUT2D eigenvalue weighted by molar-refractivity contribution is 6.13. The summed E-state index contributed by atoms with van der Waals surface area (Å²) in [5.41, 5.74) is 2.72. The summed E-state index contributed by atoms with van der Waals surface area (Å²) < 4.78 is 5.06. The van der Waals surface area contributed by atoms with E-state index in [0.717, 1.165) is 0 Å². The molecule has 3 rings (SSSR count). The molecule has 25 heavy (non-hydrogen) atoms. The Labute approximate surface area is 146 Å². The van der Waals surface area contributed by atoms with Crippen molar-refractivity contribution in [1.82, 2.24) is 4.98 Å². The molecule has 0 unspecified atom stereocenters. The van der Waals surface area contributed by atoms with Gasteiger partial charge in [-0.25, -0.2) is 4.79 Å². The van der Waals surface area contributed by atoms with Crippen LogP contribution in [0.15, 0.2) is 72.9 Å². The number of esters is 1. The van der Waals surface area contributed by atoms with Crippen LogP contribution in [0.4, 0.5) is 0 Å². The molecule has 0 saturated carbocycles. The van der Waals surface area contributed by atoms with E-state index >= 15 is 0 Å². The minimum atomic E-state index is -0.418. The molecule has 0 bridgehead atoms. The average molecular weight is 331 g/mol. The summed E-state index contributed by atoms with van der Waals surface area (Å²) in [5, 5.41) is 0. The van der Waals surface area contributed by atoms with Crippen molar-refractivity contribution in [3.05, 3.63) is 89.6 Å². The largest absolute Gasteiger partial charge is 0.462 e. The van der Waals surface area contributed by atoms with E-state index in [2.05, 4.69) is 4.98 Å². The monoisotopic (exact) mass is 331 g/mol. The number of carbonyl (C=O) groups excluding carboxylic acids is 2. The van der Waals surface area contributed by atoms with Crippen LogP contribution in [0.25, 0.3) is 11.3 Å². The minimum absolute atomic E-state index is 0.114. The van der Waals surface area contributed by atoms with Crippen molar-refractivity contribution in [2.45, 2.75) is 6.92 Å². The fourth-order valence-electron chi connectivity index (χ4n) is 2.56. The Morgan fingerprint density at radius 1 is 0.920 bits per heavy atom. The van der Waals surface area contributed by atoms with E-state index in [1.165, 1.54) is 0 Å². The van der Waals surface area contributed by atoms with Gasteiger partial charge in [-0.15, -0.1) is 0 Å². The van der Waals surface area contributed by atoms with Gasteiger partial charge in [-0.3, -0.25) is 9.78 Å². The molecule has 0 saturated heterocycles. The van der Waals surface area contributed by atoms with Crippen LogP contribution in [0.5, 0.6) is 0 Å². The van der Waals surface area contributed by atoms with E-state index in [4.69, 9.17) is 4.74 Å². The van der Waals surface area contributed by atoms with E-state index in [1.807, 2.05) is 30.3 Å². The molecule has 124 valence electrons. The number of aromatic nitrogens is 1. The van der Waals surface area contributed by atoms with E-state index in [0.29, 0.717) is 34.6 Å². The number of ketones is 1. The van der Waals surface area contributed by atoms with Gasteiger partial charge in [0.2, 0.25) is 0 Å². The summed E-state index contributed by atoms with van der Waals surface area (Å²) in [6.45, 7) is 2.05. The molecule has 3 aromatic rings. The predicted octanol–water partition coefficient (Wildman–Crippen LogP) is 4.16. The maximum absolute atomic E-state index is 12.9. The first-order valence-corrected chi connectivity index (χ1v) is 8.03. The fraction of sp³-hybridized carbons (Fsp3) is 0.0952. The van der Waals surface area contributed by atoms with Crippen molar-refractivity contribution in [3.63, 3.8) is 0 Å². The van der Waals surface area contributed by atoms with E-state index in [9.17, 15) is 9.59 Å². The maximum Gasteiger partial charge on any atom is 0.338 e. The van der Waals surface area contributed by atoms with Crippen LogP contribution >= 0.6 is 0 Å². The van der Waals surface area contributed by atoms with E-state index in [-0.39, 0.29) is 5.78 Å². The Balaban J connectivity index is 2.11. The lowest BCUT2D eigenvalue weighted by atomic mass is 9.94. The second-order valence-corrected chi connectivity index (χ2v) is 5.39. The Morgan fingerprint density at radius 3 is 2.36 bits per heavy atom. The fourth-order valence-corrected chi connectivity index (χ4v) is 2.56. The second kappa shape index (κ2) is 7.53. The van der Waals surface area contributed by atoms with Crippen LogP contribution in [-0.2, 0) is 4.74 Å². The summed E-state index contributed by atoms with van der Waals surface area (Å²) in [7, 11) is 0. The molecule has 0 radical (unpaired) electrons. The molecule has 1 aromatic heterocycles. The summed E-state index contributed by atoms with van der Waals surface area (Å²) in [6.07, 6.45) is 1.66. The van der Waals surface area contributed by atoms with Gasteiger partial charge in [0.15, 0.2) is 5.78 Å². The second-order valence-electron chi connectivity index (χ2n) is 5.39. The van der Waals surface area contributed by atoms with Crippen molar-refractivity contribution >= 4 is 11.8 Å². The van der Waals surface area contributed by atoms with Crippen LogP contribution in [0.3, 0.4) is 0 Å². The van der Waals surface area contributed by atoms with E-state index < -0.39 is 5.97 Å². The van der Waals surface area contributed by atoms with E-state index in [1.54, 1.807) is 49.5 Å². The number of nitrogens with zero attached hydrogens (tertiary/aromatic N) is 1. The zero-order valence-electron chi connectivity index (χ0n) is 13.8. The summed E-state index contributed by atoms with van der Waals surface area (Å²) in [6, 6.07) is 19.4. The molecular weight excluding hydrogens is 314 g/mol. The van der Waals surface area contributed by atoms with Gasteiger partial charge >= 0.3 is 5.97 Å². The number of benzene rings is 2. The topological polar surface area (TPSA) is 56.3 Å². The zero-order valence-corrected chi connectivity index (χ0v) is 13.8. The van der Waals surface area contributed by atoms with Crippen molar-refractivity contribution in [2.24, 2.45) is 0 Å². The molecule has 0 aliphatic heterocycles. The summed E-state index contributed by atoms with van der Waals surface area (Å²) in [4.78, 5) is 29.3. The van der Waals surface area contributed by atoms with Gasteiger partial charge in [-0.1, -0.05) is 36.4 Å². The Morgan fingerprint density at radius 2 is 1.68 bits per heavy atom. The quantitative estimate of drug-likeness (QED) is 0.520. The van der Waals surface area contributed by atoms with Gasteiger partial charge in [-0.05, 0) is 37.3 Å². The molecule has 0 aliphatic rings. The number of rotatable bonds is 5. The van der Waals surface area contributed by atoms with Gasteiger partial charge in [-0.2, -0.15) is 0 Å². The van der Waals surface area contributed by atoms with Crippen LogP contribution in [0, 0.1) is 0 Å². The Bertz CT molecular complexity index is 890. The highest BCUT2D eigenvalue weighted by Gasteiger charge is 2.18. The van der Waals surface area contributed by atoms with Crippen LogP contribution in [0.2, 0.25) is 0 Å². The van der Waals surface area contributed by atoms with Gasteiger partial charge in [0, 0.05) is 22.9 Å².